The van der Waals surface area contributed by atoms with Crippen LogP contribution in [0.2, 0.25) is 0 Å². The number of rotatable bonds is 4. The number of amides is 1. The summed E-state index contributed by atoms with van der Waals surface area (Å²) in [4.78, 5) is 26.4. The van der Waals surface area contributed by atoms with Gasteiger partial charge in [-0.3, -0.25) is 4.90 Å². The predicted octanol–water partition coefficient (Wildman–Crippen LogP) is 1.56. The van der Waals surface area contributed by atoms with E-state index in [2.05, 4.69) is 4.90 Å². The number of nitrogens with zero attached hydrogens (tertiary/aromatic N) is 2. The second-order valence-electron chi connectivity index (χ2n) is 4.95. The van der Waals surface area contributed by atoms with Crippen LogP contribution >= 0.6 is 0 Å². The number of carboxylic acid groups (broad SMARTS) is 1. The largest absolute Gasteiger partial charge is 0.478 e. The SMILES string of the molecule is CCOC(=O)N1CCN(Cc2cc(C(=O)O)c(C)o2)CC1. The zero-order chi connectivity index (χ0) is 15.4. The summed E-state index contributed by atoms with van der Waals surface area (Å²) in [5, 5.41) is 9.00. The maximum Gasteiger partial charge on any atom is 0.409 e. The van der Waals surface area contributed by atoms with Gasteiger partial charge in [0.1, 0.15) is 17.1 Å². The summed E-state index contributed by atoms with van der Waals surface area (Å²) in [7, 11) is 0. The number of furan rings is 1. The number of hydrogen-bond acceptors (Lipinski definition) is 5. The molecule has 2 rings (SSSR count). The van der Waals surface area contributed by atoms with Crippen LogP contribution in [0.5, 0.6) is 0 Å². The Morgan fingerprint density at radius 1 is 1.33 bits per heavy atom. The molecule has 0 spiro atoms. The molecule has 7 nitrogen and oxygen atoms in total. The van der Waals surface area contributed by atoms with Gasteiger partial charge in [-0.25, -0.2) is 9.59 Å². The third kappa shape index (κ3) is 3.75. The maximum atomic E-state index is 11.6. The van der Waals surface area contributed by atoms with Crippen LogP contribution in [0, 0.1) is 6.92 Å². The van der Waals surface area contributed by atoms with E-state index in [1.807, 2.05) is 0 Å². The lowest BCUT2D eigenvalue weighted by Crippen LogP contribution is -2.48. The number of carbonyl (C=O) groups excluding carboxylic acids is 1. The smallest absolute Gasteiger partial charge is 0.409 e. The van der Waals surface area contributed by atoms with E-state index in [1.54, 1.807) is 24.8 Å². The second kappa shape index (κ2) is 6.62. The summed E-state index contributed by atoms with van der Waals surface area (Å²) in [5.74, 6) is 0.0757. The minimum Gasteiger partial charge on any atom is -0.478 e. The Bertz CT molecular complexity index is 517. The third-order valence-electron chi connectivity index (χ3n) is 3.48. The van der Waals surface area contributed by atoms with Crippen LogP contribution in [-0.2, 0) is 11.3 Å². The lowest BCUT2D eigenvalue weighted by Gasteiger charge is -2.33. The van der Waals surface area contributed by atoms with Gasteiger partial charge in [0.05, 0.1) is 13.2 Å². The van der Waals surface area contributed by atoms with Crippen LogP contribution in [0.4, 0.5) is 4.79 Å². The zero-order valence-electron chi connectivity index (χ0n) is 12.3. The van der Waals surface area contributed by atoms with Crippen molar-refractivity contribution in [1.82, 2.24) is 9.80 Å². The Kier molecular flexibility index (Phi) is 4.85. The monoisotopic (exact) mass is 296 g/mol. The number of aromatic carboxylic acids is 1. The van der Waals surface area contributed by atoms with E-state index >= 15 is 0 Å². The van der Waals surface area contributed by atoms with Crippen LogP contribution in [-0.4, -0.2) is 59.8 Å². The lowest BCUT2D eigenvalue weighted by atomic mass is 10.2. The van der Waals surface area contributed by atoms with Crippen molar-refractivity contribution in [3.63, 3.8) is 0 Å². The van der Waals surface area contributed by atoms with Crippen molar-refractivity contribution in [3.8, 4) is 0 Å². The first-order chi connectivity index (χ1) is 10.0. The Morgan fingerprint density at radius 2 is 2.00 bits per heavy atom. The maximum absolute atomic E-state index is 11.6. The molecule has 0 aromatic carbocycles. The first kappa shape index (κ1) is 15.4. The molecule has 0 radical (unpaired) electrons. The molecular formula is C14H20N2O5. The second-order valence-corrected chi connectivity index (χ2v) is 4.95. The lowest BCUT2D eigenvalue weighted by molar-refractivity contribution is 0.0694. The van der Waals surface area contributed by atoms with Crippen LogP contribution in [0.3, 0.4) is 0 Å². The molecule has 0 unspecified atom stereocenters. The number of aryl methyl sites for hydroxylation is 1. The molecule has 7 heteroatoms. The van der Waals surface area contributed by atoms with Gasteiger partial charge in [0, 0.05) is 26.2 Å². The molecule has 0 atom stereocenters. The quantitative estimate of drug-likeness (QED) is 0.908. The van der Waals surface area contributed by atoms with Gasteiger partial charge in [0.2, 0.25) is 0 Å². The van der Waals surface area contributed by atoms with Gasteiger partial charge in [-0.1, -0.05) is 0 Å². The molecule has 2 heterocycles. The summed E-state index contributed by atoms with van der Waals surface area (Å²) in [6.45, 7) is 6.98. The molecule has 21 heavy (non-hydrogen) atoms. The standard InChI is InChI=1S/C14H20N2O5/c1-3-20-14(19)16-6-4-15(5-7-16)9-11-8-12(13(17)18)10(2)21-11/h8H,3-7,9H2,1-2H3,(H,17,18). The van der Waals surface area contributed by atoms with E-state index in [1.165, 1.54) is 0 Å². The first-order valence-corrected chi connectivity index (χ1v) is 6.98. The Morgan fingerprint density at radius 3 is 2.52 bits per heavy atom. The number of carbonyl (C=O) groups is 2. The number of piperazine rings is 1. The molecule has 1 N–H and O–H groups in total. The third-order valence-corrected chi connectivity index (χ3v) is 3.48. The highest BCUT2D eigenvalue weighted by molar-refractivity contribution is 5.88. The minimum atomic E-state index is -0.977. The molecule has 0 aliphatic carbocycles. The van der Waals surface area contributed by atoms with Crippen molar-refractivity contribution in [2.24, 2.45) is 0 Å². The van der Waals surface area contributed by atoms with E-state index in [0.717, 1.165) is 0 Å². The van der Waals surface area contributed by atoms with E-state index in [4.69, 9.17) is 14.3 Å². The van der Waals surface area contributed by atoms with E-state index in [-0.39, 0.29) is 11.7 Å². The number of carboxylic acids is 1. The number of hydrogen-bond donors (Lipinski definition) is 1. The average molecular weight is 296 g/mol. The van der Waals surface area contributed by atoms with Crippen molar-refractivity contribution in [2.45, 2.75) is 20.4 Å². The van der Waals surface area contributed by atoms with Gasteiger partial charge in [0.25, 0.3) is 0 Å². The molecule has 1 fully saturated rings. The van der Waals surface area contributed by atoms with Crippen molar-refractivity contribution >= 4 is 12.1 Å². The summed E-state index contributed by atoms with van der Waals surface area (Å²) in [5.41, 5.74) is 0.204. The van der Waals surface area contributed by atoms with E-state index < -0.39 is 5.97 Å². The molecule has 1 aromatic rings. The minimum absolute atomic E-state index is 0.204. The van der Waals surface area contributed by atoms with Crippen LogP contribution in [0.1, 0.15) is 28.8 Å². The highest BCUT2D eigenvalue weighted by Crippen LogP contribution is 2.17. The highest BCUT2D eigenvalue weighted by Gasteiger charge is 2.23. The van der Waals surface area contributed by atoms with Crippen molar-refractivity contribution in [1.29, 1.82) is 0 Å². The van der Waals surface area contributed by atoms with Crippen LogP contribution in [0.15, 0.2) is 10.5 Å². The summed E-state index contributed by atoms with van der Waals surface area (Å²) >= 11 is 0. The van der Waals surface area contributed by atoms with Crippen molar-refractivity contribution in [3.05, 3.63) is 23.2 Å². The number of ether oxygens (including phenoxy) is 1. The summed E-state index contributed by atoms with van der Waals surface area (Å²) < 4.78 is 10.4. The van der Waals surface area contributed by atoms with E-state index in [0.29, 0.717) is 50.9 Å². The normalized spacial score (nSPS) is 16.0. The van der Waals surface area contributed by atoms with Gasteiger partial charge in [-0.05, 0) is 19.9 Å². The fourth-order valence-electron chi connectivity index (χ4n) is 2.36. The van der Waals surface area contributed by atoms with Crippen LogP contribution < -0.4 is 0 Å². The average Bonchev–Trinajstić information content (AvgIpc) is 2.81. The molecule has 1 saturated heterocycles. The van der Waals surface area contributed by atoms with Gasteiger partial charge in [0.15, 0.2) is 0 Å². The molecule has 0 saturated carbocycles. The van der Waals surface area contributed by atoms with Gasteiger partial charge in [-0.15, -0.1) is 0 Å². The van der Waals surface area contributed by atoms with E-state index in [9.17, 15) is 9.59 Å². The predicted molar refractivity (Wildman–Crippen MR) is 74.3 cm³/mol. The molecule has 116 valence electrons. The fraction of sp³-hybridized carbons (Fsp3) is 0.571. The Balaban J connectivity index is 1.87. The summed E-state index contributed by atoms with van der Waals surface area (Å²) in [6.07, 6.45) is -0.279. The van der Waals surface area contributed by atoms with Gasteiger partial charge >= 0.3 is 12.1 Å². The molecule has 0 bridgehead atoms. The zero-order valence-corrected chi connectivity index (χ0v) is 12.3. The van der Waals surface area contributed by atoms with Crippen molar-refractivity contribution < 1.29 is 23.8 Å². The highest BCUT2D eigenvalue weighted by atomic mass is 16.6. The van der Waals surface area contributed by atoms with Crippen molar-refractivity contribution in [2.75, 3.05) is 32.8 Å². The molecule has 1 aliphatic rings. The topological polar surface area (TPSA) is 83.2 Å². The summed E-state index contributed by atoms with van der Waals surface area (Å²) in [6, 6.07) is 1.56. The molecule has 1 aromatic heterocycles. The van der Waals surface area contributed by atoms with Gasteiger partial charge in [-0.2, -0.15) is 0 Å². The van der Waals surface area contributed by atoms with Gasteiger partial charge < -0.3 is 19.2 Å². The molecular weight excluding hydrogens is 276 g/mol. The Labute approximate surface area is 123 Å². The van der Waals surface area contributed by atoms with Crippen LogP contribution in [0.25, 0.3) is 0 Å². The Hall–Kier alpha value is -2.02. The molecule has 1 aliphatic heterocycles. The fourth-order valence-corrected chi connectivity index (χ4v) is 2.36. The first-order valence-electron chi connectivity index (χ1n) is 6.98. The molecule has 1 amide bonds.